The molecule has 0 saturated heterocycles. The van der Waals surface area contributed by atoms with Crippen LogP contribution >= 0.6 is 0 Å². The quantitative estimate of drug-likeness (QED) is 0.144. The van der Waals surface area contributed by atoms with Crippen LogP contribution in [-0.4, -0.2) is 4.57 Å². The SMILES string of the molecule is c1ccc(-n2c3ccccc3c3ccccc32)c(-c2ccc(-c3ccc(N(c4ccc(-c5ccc(-c6cccc7c6oc6ccccc67)cc5)cc4)c4ccc(-c5ccc6ccccc6c5)cc4)cc3)cc2)c1. The maximum Gasteiger partial charge on any atom is 0.143 e. The molecule has 0 aliphatic heterocycles. The van der Waals surface area contributed by atoms with E-state index in [-0.39, 0.29) is 0 Å². The molecule has 0 aliphatic rings. The summed E-state index contributed by atoms with van der Waals surface area (Å²) in [5.41, 5.74) is 20.3. The van der Waals surface area contributed by atoms with Gasteiger partial charge in [-0.05, 0) is 122 Å². The molecule has 14 aromatic rings. The van der Waals surface area contributed by atoms with E-state index < -0.39 is 0 Å². The zero-order valence-electron chi connectivity index (χ0n) is 39.9. The summed E-state index contributed by atoms with van der Waals surface area (Å²) in [6, 6.07) is 101. The molecule has 3 heteroatoms. The second kappa shape index (κ2) is 17.6. The summed E-state index contributed by atoms with van der Waals surface area (Å²) in [6.07, 6.45) is 0. The van der Waals surface area contributed by atoms with E-state index in [0.717, 1.165) is 66.8 Å². The summed E-state index contributed by atoms with van der Waals surface area (Å²) < 4.78 is 8.79. The van der Waals surface area contributed by atoms with E-state index in [0.29, 0.717) is 0 Å². The van der Waals surface area contributed by atoms with E-state index in [9.17, 15) is 0 Å². The summed E-state index contributed by atoms with van der Waals surface area (Å²) >= 11 is 0. The minimum atomic E-state index is 0.910. The first-order valence-electron chi connectivity index (χ1n) is 25.0. The molecular formula is C70H46N2O. The third kappa shape index (κ3) is 7.46. The van der Waals surface area contributed by atoms with Gasteiger partial charge in [0.2, 0.25) is 0 Å². The van der Waals surface area contributed by atoms with Crippen molar-refractivity contribution in [2.45, 2.75) is 0 Å². The van der Waals surface area contributed by atoms with Crippen LogP contribution in [0.15, 0.2) is 283 Å². The van der Waals surface area contributed by atoms with Gasteiger partial charge in [-0.2, -0.15) is 0 Å². The summed E-state index contributed by atoms with van der Waals surface area (Å²) in [6.45, 7) is 0. The van der Waals surface area contributed by atoms with Crippen LogP contribution in [0.25, 0.3) is 116 Å². The summed E-state index contributed by atoms with van der Waals surface area (Å²) in [5.74, 6) is 0. The fourth-order valence-electron chi connectivity index (χ4n) is 11.0. The van der Waals surface area contributed by atoms with Crippen LogP contribution in [0.1, 0.15) is 0 Å². The topological polar surface area (TPSA) is 21.3 Å². The molecule has 0 radical (unpaired) electrons. The van der Waals surface area contributed by atoms with Crippen LogP contribution in [0, 0.1) is 0 Å². The fourth-order valence-corrected chi connectivity index (χ4v) is 11.0. The van der Waals surface area contributed by atoms with Gasteiger partial charge in [0.1, 0.15) is 11.2 Å². The Labute approximate surface area is 423 Å². The standard InChI is InChI=1S/C70H46N2O/c1-2-13-55-46-56(33-28-47(55)12-1)52-38-44-59(45-39-52)71(58-42-36-51(37-43-58)49-26-31-54(32-27-49)61-18-11-19-65-64-17-6-10-23-69(64)73-70(61)65)57-40-34-50(35-41-57)48-24-29-53(30-25-48)60-14-3-7-20-66(60)72-67-21-8-4-15-62(67)63-16-5-9-22-68(63)72/h1-46H. The average molecular weight is 931 g/mol. The Morgan fingerprint density at radius 1 is 0.274 bits per heavy atom. The lowest BCUT2D eigenvalue weighted by Gasteiger charge is -2.26. The average Bonchev–Trinajstić information content (AvgIpc) is 4.02. The first-order chi connectivity index (χ1) is 36.2. The minimum Gasteiger partial charge on any atom is -0.455 e. The number of nitrogens with zero attached hydrogens (tertiary/aromatic N) is 2. The Morgan fingerprint density at radius 3 is 1.29 bits per heavy atom. The second-order valence-corrected chi connectivity index (χ2v) is 18.9. The molecule has 0 spiro atoms. The number of aromatic nitrogens is 1. The van der Waals surface area contributed by atoms with Crippen LogP contribution in [0.4, 0.5) is 17.1 Å². The first-order valence-corrected chi connectivity index (χ1v) is 25.0. The highest BCUT2D eigenvalue weighted by atomic mass is 16.3. The molecule has 0 amide bonds. The minimum absolute atomic E-state index is 0.910. The monoisotopic (exact) mass is 930 g/mol. The van der Waals surface area contributed by atoms with Crippen molar-refractivity contribution in [1.29, 1.82) is 0 Å². The van der Waals surface area contributed by atoms with Crippen LogP contribution in [-0.2, 0) is 0 Å². The van der Waals surface area contributed by atoms with Gasteiger partial charge in [0.05, 0.1) is 16.7 Å². The Bertz CT molecular complexity index is 4280. The van der Waals surface area contributed by atoms with E-state index in [1.54, 1.807) is 0 Å². The lowest BCUT2D eigenvalue weighted by molar-refractivity contribution is 0.670. The molecule has 0 bridgehead atoms. The number of fused-ring (bicyclic) bond motifs is 7. The van der Waals surface area contributed by atoms with E-state index in [2.05, 4.69) is 276 Å². The Balaban J connectivity index is 0.779. The van der Waals surface area contributed by atoms with Gasteiger partial charge >= 0.3 is 0 Å². The molecule has 2 aromatic heterocycles. The van der Waals surface area contributed by atoms with Crippen molar-refractivity contribution in [3.8, 4) is 61.3 Å². The van der Waals surface area contributed by atoms with Gasteiger partial charge in [0.25, 0.3) is 0 Å². The van der Waals surface area contributed by atoms with Crippen LogP contribution in [0.2, 0.25) is 0 Å². The van der Waals surface area contributed by atoms with E-state index in [1.165, 1.54) is 66.1 Å². The van der Waals surface area contributed by atoms with Crippen LogP contribution in [0.3, 0.4) is 0 Å². The number of furan rings is 1. The van der Waals surface area contributed by atoms with Gasteiger partial charge in [0, 0.05) is 49.7 Å². The van der Waals surface area contributed by atoms with Crippen LogP contribution in [0.5, 0.6) is 0 Å². The lowest BCUT2D eigenvalue weighted by atomic mass is 9.98. The van der Waals surface area contributed by atoms with Gasteiger partial charge in [0.15, 0.2) is 0 Å². The number of benzene rings is 12. The van der Waals surface area contributed by atoms with Gasteiger partial charge < -0.3 is 13.9 Å². The van der Waals surface area contributed by atoms with Crippen molar-refractivity contribution in [3.05, 3.63) is 279 Å². The molecular weight excluding hydrogens is 885 g/mol. The highest BCUT2D eigenvalue weighted by Gasteiger charge is 2.18. The molecule has 0 atom stereocenters. The van der Waals surface area contributed by atoms with Crippen molar-refractivity contribution in [2.24, 2.45) is 0 Å². The molecule has 342 valence electrons. The molecule has 14 rings (SSSR count). The second-order valence-electron chi connectivity index (χ2n) is 18.9. The molecule has 3 nitrogen and oxygen atoms in total. The summed E-state index contributed by atoms with van der Waals surface area (Å²) in [7, 11) is 0. The number of rotatable bonds is 9. The molecule has 12 aromatic carbocycles. The molecule has 0 saturated carbocycles. The molecule has 2 heterocycles. The van der Waals surface area contributed by atoms with Gasteiger partial charge in [-0.15, -0.1) is 0 Å². The highest BCUT2D eigenvalue weighted by molar-refractivity contribution is 6.11. The third-order valence-electron chi connectivity index (χ3n) is 14.6. The molecule has 0 N–H and O–H groups in total. The largest absolute Gasteiger partial charge is 0.455 e. The van der Waals surface area contributed by atoms with Crippen molar-refractivity contribution >= 4 is 71.6 Å². The maximum absolute atomic E-state index is 6.38. The van der Waals surface area contributed by atoms with E-state index >= 15 is 0 Å². The molecule has 0 fully saturated rings. The number of hydrogen-bond acceptors (Lipinski definition) is 2. The Kier molecular flexibility index (Phi) is 10.2. The van der Waals surface area contributed by atoms with Crippen molar-refractivity contribution in [2.75, 3.05) is 4.90 Å². The number of anilines is 3. The maximum atomic E-state index is 6.38. The summed E-state index contributed by atoms with van der Waals surface area (Å²) in [5, 5.41) is 7.28. The molecule has 0 aliphatic carbocycles. The molecule has 73 heavy (non-hydrogen) atoms. The lowest BCUT2D eigenvalue weighted by Crippen LogP contribution is -2.09. The zero-order valence-corrected chi connectivity index (χ0v) is 39.9. The smallest absolute Gasteiger partial charge is 0.143 e. The predicted molar refractivity (Wildman–Crippen MR) is 307 cm³/mol. The highest BCUT2D eigenvalue weighted by Crippen LogP contribution is 2.41. The van der Waals surface area contributed by atoms with Crippen molar-refractivity contribution in [3.63, 3.8) is 0 Å². The van der Waals surface area contributed by atoms with E-state index in [4.69, 9.17) is 4.42 Å². The normalized spacial score (nSPS) is 11.6. The molecule has 0 unspecified atom stereocenters. The van der Waals surface area contributed by atoms with Gasteiger partial charge in [-0.3, -0.25) is 0 Å². The Morgan fingerprint density at radius 2 is 0.685 bits per heavy atom. The number of para-hydroxylation sites is 5. The van der Waals surface area contributed by atoms with Crippen molar-refractivity contribution < 1.29 is 4.42 Å². The Hall–Kier alpha value is -9.70. The fraction of sp³-hybridized carbons (Fsp3) is 0. The number of hydrogen-bond donors (Lipinski definition) is 0. The third-order valence-corrected chi connectivity index (χ3v) is 14.6. The van der Waals surface area contributed by atoms with Crippen molar-refractivity contribution in [1.82, 2.24) is 4.57 Å². The summed E-state index contributed by atoms with van der Waals surface area (Å²) in [4.78, 5) is 2.35. The zero-order chi connectivity index (χ0) is 48.2. The first kappa shape index (κ1) is 42.2. The van der Waals surface area contributed by atoms with Gasteiger partial charge in [-0.25, -0.2) is 0 Å². The van der Waals surface area contributed by atoms with E-state index in [1.807, 2.05) is 12.1 Å². The van der Waals surface area contributed by atoms with Crippen LogP contribution < -0.4 is 4.90 Å². The predicted octanol–water partition coefficient (Wildman–Crippen LogP) is 19.6. The van der Waals surface area contributed by atoms with Gasteiger partial charge in [-0.1, -0.05) is 212 Å².